The van der Waals surface area contributed by atoms with Gasteiger partial charge in [-0.1, -0.05) is 12.1 Å². The Balaban J connectivity index is 2.19. The van der Waals surface area contributed by atoms with Gasteiger partial charge in [-0.25, -0.2) is 4.39 Å². The lowest BCUT2D eigenvalue weighted by atomic mass is 10.1. The molecule has 0 unspecified atom stereocenters. The van der Waals surface area contributed by atoms with Crippen molar-refractivity contribution in [2.75, 3.05) is 0 Å². The summed E-state index contributed by atoms with van der Waals surface area (Å²) in [6.07, 6.45) is 2.85. The van der Waals surface area contributed by atoms with Gasteiger partial charge in [0.2, 0.25) is 5.78 Å². The second-order valence-corrected chi connectivity index (χ2v) is 3.41. The highest BCUT2D eigenvalue weighted by Gasteiger charge is 2.16. The van der Waals surface area contributed by atoms with E-state index in [-0.39, 0.29) is 11.6 Å². The summed E-state index contributed by atoms with van der Waals surface area (Å²) < 4.78 is 12.7. The van der Waals surface area contributed by atoms with Crippen molar-refractivity contribution in [3.05, 3.63) is 59.4 Å². The van der Waals surface area contributed by atoms with E-state index in [0.717, 1.165) is 5.56 Å². The second-order valence-electron chi connectivity index (χ2n) is 3.41. The molecule has 4 heteroatoms. The van der Waals surface area contributed by atoms with Crippen LogP contribution >= 0.6 is 0 Å². The van der Waals surface area contributed by atoms with Crippen molar-refractivity contribution >= 4 is 5.78 Å². The van der Waals surface area contributed by atoms with Gasteiger partial charge in [0.15, 0.2) is 5.76 Å². The normalized spacial score (nSPS) is 15.2. The summed E-state index contributed by atoms with van der Waals surface area (Å²) in [4.78, 5) is 11.1. The molecular formula is C12H9FNO2. The van der Waals surface area contributed by atoms with Gasteiger partial charge in [0.1, 0.15) is 5.82 Å². The maximum atomic E-state index is 12.7. The summed E-state index contributed by atoms with van der Waals surface area (Å²) in [6.45, 7) is 0. The number of rotatable bonds is 2. The summed E-state index contributed by atoms with van der Waals surface area (Å²) in [6, 6.07) is 5.84. The largest absolute Gasteiger partial charge is 0.503 e. The van der Waals surface area contributed by atoms with E-state index >= 15 is 0 Å². The third kappa shape index (κ3) is 2.11. The summed E-state index contributed by atoms with van der Waals surface area (Å²) >= 11 is 0. The first-order valence-corrected chi connectivity index (χ1v) is 4.75. The van der Waals surface area contributed by atoms with Gasteiger partial charge in [-0.15, -0.1) is 0 Å². The van der Waals surface area contributed by atoms with Crippen LogP contribution in [0.2, 0.25) is 0 Å². The van der Waals surface area contributed by atoms with E-state index < -0.39 is 5.78 Å². The molecule has 0 saturated heterocycles. The Bertz CT molecular complexity index is 474. The Morgan fingerprint density at radius 3 is 2.62 bits per heavy atom. The third-order valence-corrected chi connectivity index (χ3v) is 2.25. The fourth-order valence-electron chi connectivity index (χ4n) is 1.40. The highest BCUT2D eigenvalue weighted by Crippen LogP contribution is 2.14. The average Bonchev–Trinajstić information content (AvgIpc) is 2.28. The van der Waals surface area contributed by atoms with E-state index in [1.165, 1.54) is 24.4 Å². The molecule has 1 aliphatic heterocycles. The standard InChI is InChI=1S/C12H9FNO2/c13-9-3-1-8(2-4-9)7-10-12(16)11(15)5-6-14-10/h1-6,16H,7H2. The van der Waals surface area contributed by atoms with E-state index in [4.69, 9.17) is 0 Å². The summed E-state index contributed by atoms with van der Waals surface area (Å²) in [5.74, 6) is -1.11. The molecule has 1 aliphatic rings. The zero-order valence-corrected chi connectivity index (χ0v) is 8.35. The Kier molecular flexibility index (Phi) is 2.72. The van der Waals surface area contributed by atoms with E-state index in [9.17, 15) is 14.3 Å². The zero-order chi connectivity index (χ0) is 11.5. The molecule has 1 heterocycles. The van der Waals surface area contributed by atoms with Crippen LogP contribution in [0.4, 0.5) is 4.39 Å². The number of aliphatic hydroxyl groups excluding tert-OH is 1. The highest BCUT2D eigenvalue weighted by molar-refractivity contribution is 6.03. The quantitative estimate of drug-likeness (QED) is 0.823. The maximum absolute atomic E-state index is 12.7. The Hall–Kier alpha value is -2.10. The van der Waals surface area contributed by atoms with Gasteiger partial charge >= 0.3 is 0 Å². The number of ketones is 1. The molecule has 0 fully saturated rings. The molecule has 0 aliphatic carbocycles. The fourth-order valence-corrected chi connectivity index (χ4v) is 1.40. The summed E-state index contributed by atoms with van der Waals surface area (Å²) in [7, 11) is 0. The zero-order valence-electron chi connectivity index (χ0n) is 8.35. The molecule has 16 heavy (non-hydrogen) atoms. The lowest BCUT2D eigenvalue weighted by molar-refractivity contribution is -0.113. The molecule has 81 valence electrons. The molecule has 0 atom stereocenters. The number of hydrogen-bond acceptors (Lipinski definition) is 2. The molecule has 1 aromatic rings. The minimum Gasteiger partial charge on any atom is -0.503 e. The number of nitrogens with zero attached hydrogens (tertiary/aromatic N) is 1. The second kappa shape index (κ2) is 4.18. The molecule has 0 amide bonds. The van der Waals surface area contributed by atoms with Gasteiger partial charge in [-0.05, 0) is 17.7 Å². The minimum absolute atomic E-state index is 0.305. The first kappa shape index (κ1) is 10.4. The van der Waals surface area contributed by atoms with Crippen LogP contribution in [0.5, 0.6) is 0 Å². The number of benzene rings is 1. The molecule has 1 aromatic carbocycles. The molecular weight excluding hydrogens is 209 g/mol. The van der Waals surface area contributed by atoms with E-state index in [0.29, 0.717) is 12.1 Å². The first-order chi connectivity index (χ1) is 7.66. The van der Waals surface area contributed by atoms with Crippen LogP contribution in [0, 0.1) is 5.82 Å². The monoisotopic (exact) mass is 218 g/mol. The molecule has 0 bridgehead atoms. The maximum Gasteiger partial charge on any atom is 0.223 e. The topological polar surface area (TPSA) is 51.4 Å². The highest BCUT2D eigenvalue weighted by atomic mass is 19.1. The Labute approximate surface area is 91.9 Å². The predicted molar refractivity (Wildman–Crippen MR) is 56.0 cm³/mol. The average molecular weight is 218 g/mol. The van der Waals surface area contributed by atoms with Gasteiger partial charge in [-0.2, -0.15) is 0 Å². The van der Waals surface area contributed by atoms with Crippen LogP contribution in [-0.2, 0) is 11.2 Å². The van der Waals surface area contributed by atoms with Crippen LogP contribution < -0.4 is 5.32 Å². The number of halogens is 1. The number of allylic oxidation sites excluding steroid dienone is 2. The van der Waals surface area contributed by atoms with Crippen LogP contribution in [0.1, 0.15) is 5.56 Å². The van der Waals surface area contributed by atoms with Crippen molar-refractivity contribution < 1.29 is 14.3 Å². The van der Waals surface area contributed by atoms with Crippen molar-refractivity contribution in [1.29, 1.82) is 0 Å². The van der Waals surface area contributed by atoms with Crippen LogP contribution in [0.25, 0.3) is 0 Å². The third-order valence-electron chi connectivity index (χ3n) is 2.25. The van der Waals surface area contributed by atoms with Crippen molar-refractivity contribution in [3.63, 3.8) is 0 Å². The van der Waals surface area contributed by atoms with Gasteiger partial charge in [0, 0.05) is 18.7 Å². The van der Waals surface area contributed by atoms with Gasteiger partial charge in [-0.3, -0.25) is 10.1 Å². The van der Waals surface area contributed by atoms with Crippen LogP contribution in [-0.4, -0.2) is 10.9 Å². The van der Waals surface area contributed by atoms with Crippen molar-refractivity contribution in [2.45, 2.75) is 6.42 Å². The fraction of sp³-hybridized carbons (Fsp3) is 0.0833. The van der Waals surface area contributed by atoms with Gasteiger partial charge in [0.05, 0.1) is 5.70 Å². The molecule has 0 spiro atoms. The predicted octanol–water partition coefficient (Wildman–Crippen LogP) is 1.84. The van der Waals surface area contributed by atoms with Crippen LogP contribution in [0.15, 0.2) is 48.0 Å². The van der Waals surface area contributed by atoms with Crippen LogP contribution in [0.3, 0.4) is 0 Å². The van der Waals surface area contributed by atoms with Crippen molar-refractivity contribution in [3.8, 4) is 0 Å². The molecule has 2 rings (SSSR count). The number of carbonyl (C=O) groups excluding carboxylic acids is 1. The van der Waals surface area contributed by atoms with Gasteiger partial charge < -0.3 is 5.11 Å². The summed E-state index contributed by atoms with van der Waals surface area (Å²) in [5.41, 5.74) is 1.09. The Morgan fingerprint density at radius 2 is 1.94 bits per heavy atom. The molecule has 1 radical (unpaired) electrons. The molecule has 0 aromatic heterocycles. The Morgan fingerprint density at radius 1 is 1.25 bits per heavy atom. The number of aliphatic hydroxyl groups is 1. The molecule has 1 N–H and O–H groups in total. The SMILES string of the molecule is O=C1C=C[N]C(Cc2ccc(F)cc2)=C1O. The van der Waals surface area contributed by atoms with E-state index in [1.54, 1.807) is 12.1 Å². The van der Waals surface area contributed by atoms with E-state index in [2.05, 4.69) is 5.32 Å². The molecule has 0 saturated carbocycles. The summed E-state index contributed by atoms with van der Waals surface area (Å²) in [5, 5.41) is 13.4. The van der Waals surface area contributed by atoms with Gasteiger partial charge in [0.25, 0.3) is 0 Å². The minimum atomic E-state index is -0.452. The number of hydrogen-bond donors (Lipinski definition) is 1. The lowest BCUT2D eigenvalue weighted by Gasteiger charge is -2.10. The van der Waals surface area contributed by atoms with E-state index in [1.807, 2.05) is 0 Å². The lowest BCUT2D eigenvalue weighted by Crippen LogP contribution is -2.15. The van der Waals surface area contributed by atoms with Crippen molar-refractivity contribution in [1.82, 2.24) is 5.32 Å². The number of carbonyl (C=O) groups is 1. The molecule has 3 nitrogen and oxygen atoms in total. The first-order valence-electron chi connectivity index (χ1n) is 4.75. The van der Waals surface area contributed by atoms with Crippen molar-refractivity contribution in [2.24, 2.45) is 0 Å². The smallest absolute Gasteiger partial charge is 0.223 e.